The lowest BCUT2D eigenvalue weighted by Gasteiger charge is -2.34. The van der Waals surface area contributed by atoms with Crippen molar-refractivity contribution in [3.63, 3.8) is 0 Å². The monoisotopic (exact) mass is 311 g/mol. The van der Waals surface area contributed by atoms with Gasteiger partial charge in [-0.25, -0.2) is 4.79 Å². The van der Waals surface area contributed by atoms with E-state index in [1.54, 1.807) is 11.0 Å². The molecule has 1 aromatic rings. The van der Waals surface area contributed by atoms with Gasteiger partial charge in [-0.15, -0.1) is 0 Å². The van der Waals surface area contributed by atoms with E-state index in [0.717, 1.165) is 24.8 Å². The molecule has 0 saturated carbocycles. The molecule has 2 amide bonds. The Morgan fingerprint density at radius 3 is 2.90 bits per heavy atom. The summed E-state index contributed by atoms with van der Waals surface area (Å²) in [5, 5.41) is 3.48. The number of carbonyl (C=O) groups is 1. The maximum absolute atomic E-state index is 12.3. The van der Waals surface area contributed by atoms with E-state index < -0.39 is 0 Å². The second-order valence-electron chi connectivity index (χ2n) is 5.00. The molecular weight excluding hydrogens is 294 g/mol. The van der Waals surface area contributed by atoms with Crippen LogP contribution in [0, 0.1) is 6.92 Å². The second-order valence-corrected chi connectivity index (χ2v) is 5.88. The SMILES string of the molecule is Cc1ccc(NC(=O)N2CCCCC2C(N)=S)cc1Cl. The average Bonchev–Trinajstić information content (AvgIpc) is 2.43. The fourth-order valence-corrected chi connectivity index (χ4v) is 2.76. The zero-order valence-electron chi connectivity index (χ0n) is 11.4. The predicted octanol–water partition coefficient (Wildman–Crippen LogP) is 3.32. The summed E-state index contributed by atoms with van der Waals surface area (Å²) >= 11 is 11.1. The third kappa shape index (κ3) is 3.41. The molecule has 1 saturated heterocycles. The molecule has 6 heteroatoms. The molecular formula is C14H18ClN3OS. The van der Waals surface area contributed by atoms with Crippen LogP contribution in [0.25, 0.3) is 0 Å². The largest absolute Gasteiger partial charge is 0.392 e. The number of amides is 2. The Kier molecular flexibility index (Phi) is 4.83. The standard InChI is InChI=1S/C14H18ClN3OS/c1-9-5-6-10(8-11(9)15)17-14(19)18-7-3-2-4-12(18)13(16)20/h5-6,8,12H,2-4,7H2,1H3,(H2,16,20)(H,17,19). The van der Waals surface area contributed by atoms with E-state index in [2.05, 4.69) is 5.32 Å². The fraction of sp³-hybridized carbons (Fsp3) is 0.429. The van der Waals surface area contributed by atoms with Crippen molar-refractivity contribution in [2.24, 2.45) is 5.73 Å². The highest BCUT2D eigenvalue weighted by atomic mass is 35.5. The predicted molar refractivity (Wildman–Crippen MR) is 86.3 cm³/mol. The summed E-state index contributed by atoms with van der Waals surface area (Å²) in [4.78, 5) is 14.4. The van der Waals surface area contributed by atoms with E-state index in [-0.39, 0.29) is 12.1 Å². The summed E-state index contributed by atoms with van der Waals surface area (Å²) in [6.45, 7) is 2.59. The van der Waals surface area contributed by atoms with Gasteiger partial charge in [0, 0.05) is 17.3 Å². The molecule has 1 unspecified atom stereocenters. The van der Waals surface area contributed by atoms with Crippen molar-refractivity contribution in [3.05, 3.63) is 28.8 Å². The number of piperidine rings is 1. The van der Waals surface area contributed by atoms with Crippen molar-refractivity contribution in [3.8, 4) is 0 Å². The average molecular weight is 312 g/mol. The highest BCUT2D eigenvalue weighted by Gasteiger charge is 2.28. The smallest absolute Gasteiger partial charge is 0.322 e. The van der Waals surface area contributed by atoms with E-state index in [1.165, 1.54) is 0 Å². The summed E-state index contributed by atoms with van der Waals surface area (Å²) in [5.41, 5.74) is 7.38. The first-order valence-electron chi connectivity index (χ1n) is 6.62. The minimum atomic E-state index is -0.178. The summed E-state index contributed by atoms with van der Waals surface area (Å²) in [5.74, 6) is 0. The van der Waals surface area contributed by atoms with E-state index in [1.807, 2.05) is 19.1 Å². The molecule has 2 rings (SSSR count). The zero-order valence-corrected chi connectivity index (χ0v) is 12.9. The number of carbonyl (C=O) groups excluding carboxylic acids is 1. The van der Waals surface area contributed by atoms with Crippen LogP contribution in [0.4, 0.5) is 10.5 Å². The quantitative estimate of drug-likeness (QED) is 0.824. The van der Waals surface area contributed by atoms with Crippen LogP contribution in [0.15, 0.2) is 18.2 Å². The maximum atomic E-state index is 12.3. The number of anilines is 1. The first kappa shape index (κ1) is 15.1. The number of benzene rings is 1. The number of nitrogens with zero attached hydrogens (tertiary/aromatic N) is 1. The van der Waals surface area contributed by atoms with Gasteiger partial charge in [0.25, 0.3) is 0 Å². The zero-order chi connectivity index (χ0) is 14.7. The van der Waals surface area contributed by atoms with Crippen molar-refractivity contribution >= 4 is 40.5 Å². The number of likely N-dealkylation sites (tertiary alicyclic amines) is 1. The molecule has 3 N–H and O–H groups in total. The van der Waals surface area contributed by atoms with Gasteiger partial charge in [0.1, 0.15) is 0 Å². The molecule has 20 heavy (non-hydrogen) atoms. The van der Waals surface area contributed by atoms with Crippen molar-refractivity contribution in [2.45, 2.75) is 32.2 Å². The number of halogens is 1. The second kappa shape index (κ2) is 6.41. The third-order valence-electron chi connectivity index (χ3n) is 3.52. The lowest BCUT2D eigenvalue weighted by Crippen LogP contribution is -2.51. The lowest BCUT2D eigenvalue weighted by atomic mass is 10.0. The number of urea groups is 1. The van der Waals surface area contributed by atoms with Crippen LogP contribution in [0.5, 0.6) is 0 Å². The van der Waals surface area contributed by atoms with Crippen LogP contribution in [0.3, 0.4) is 0 Å². The first-order valence-corrected chi connectivity index (χ1v) is 7.41. The Morgan fingerprint density at radius 1 is 1.50 bits per heavy atom. The van der Waals surface area contributed by atoms with Gasteiger partial charge in [-0.1, -0.05) is 29.9 Å². The van der Waals surface area contributed by atoms with Crippen molar-refractivity contribution < 1.29 is 4.79 Å². The Balaban J connectivity index is 2.09. The van der Waals surface area contributed by atoms with Gasteiger partial charge in [0.2, 0.25) is 0 Å². The van der Waals surface area contributed by atoms with Crippen LogP contribution in [-0.2, 0) is 0 Å². The minimum absolute atomic E-state index is 0.153. The normalized spacial score (nSPS) is 18.7. The molecule has 0 aliphatic carbocycles. The number of aryl methyl sites for hydroxylation is 1. The van der Waals surface area contributed by atoms with E-state index in [4.69, 9.17) is 29.6 Å². The molecule has 0 bridgehead atoms. The fourth-order valence-electron chi connectivity index (χ4n) is 2.34. The van der Waals surface area contributed by atoms with Gasteiger partial charge in [-0.2, -0.15) is 0 Å². The summed E-state index contributed by atoms with van der Waals surface area (Å²) in [6.07, 6.45) is 2.85. The Labute approximate surface area is 129 Å². The van der Waals surface area contributed by atoms with Crippen molar-refractivity contribution in [1.29, 1.82) is 0 Å². The number of hydrogen-bond donors (Lipinski definition) is 2. The van der Waals surface area contributed by atoms with Gasteiger partial charge in [-0.05, 0) is 43.9 Å². The van der Waals surface area contributed by atoms with Gasteiger partial charge < -0.3 is 16.0 Å². The number of thiocarbonyl (C=S) groups is 1. The van der Waals surface area contributed by atoms with E-state index in [9.17, 15) is 4.79 Å². The molecule has 1 aromatic carbocycles. The molecule has 108 valence electrons. The molecule has 1 fully saturated rings. The van der Waals surface area contributed by atoms with Crippen LogP contribution in [-0.4, -0.2) is 28.5 Å². The minimum Gasteiger partial charge on any atom is -0.392 e. The Hall–Kier alpha value is -1.33. The molecule has 1 atom stereocenters. The third-order valence-corrected chi connectivity index (χ3v) is 4.19. The van der Waals surface area contributed by atoms with Crippen LogP contribution in [0.1, 0.15) is 24.8 Å². The van der Waals surface area contributed by atoms with Crippen LogP contribution < -0.4 is 11.1 Å². The van der Waals surface area contributed by atoms with E-state index in [0.29, 0.717) is 22.2 Å². The summed E-state index contributed by atoms with van der Waals surface area (Å²) in [7, 11) is 0. The van der Waals surface area contributed by atoms with Gasteiger partial charge >= 0.3 is 6.03 Å². The Bertz CT molecular complexity index is 535. The topological polar surface area (TPSA) is 58.4 Å². The molecule has 1 aliphatic rings. The number of nitrogens with two attached hydrogens (primary N) is 1. The Morgan fingerprint density at radius 2 is 2.25 bits per heavy atom. The van der Waals surface area contributed by atoms with E-state index >= 15 is 0 Å². The molecule has 0 spiro atoms. The van der Waals surface area contributed by atoms with Crippen molar-refractivity contribution in [1.82, 2.24) is 4.90 Å². The number of nitrogens with one attached hydrogen (secondary N) is 1. The highest BCUT2D eigenvalue weighted by molar-refractivity contribution is 7.80. The van der Waals surface area contributed by atoms with Crippen molar-refractivity contribution in [2.75, 3.05) is 11.9 Å². The molecule has 1 aliphatic heterocycles. The lowest BCUT2D eigenvalue weighted by molar-refractivity contribution is 0.186. The first-order chi connectivity index (χ1) is 9.49. The van der Waals surface area contributed by atoms with Crippen LogP contribution in [0.2, 0.25) is 5.02 Å². The molecule has 0 aromatic heterocycles. The molecule has 0 radical (unpaired) electrons. The van der Waals surface area contributed by atoms with Gasteiger partial charge in [0.15, 0.2) is 0 Å². The summed E-state index contributed by atoms with van der Waals surface area (Å²) in [6, 6.07) is 5.12. The number of hydrogen-bond acceptors (Lipinski definition) is 2. The maximum Gasteiger partial charge on any atom is 0.322 e. The highest BCUT2D eigenvalue weighted by Crippen LogP contribution is 2.22. The van der Waals surface area contributed by atoms with Gasteiger partial charge in [-0.3, -0.25) is 0 Å². The summed E-state index contributed by atoms with van der Waals surface area (Å²) < 4.78 is 0. The molecule has 4 nitrogen and oxygen atoms in total. The number of rotatable bonds is 2. The molecule has 1 heterocycles. The van der Waals surface area contributed by atoms with Gasteiger partial charge in [0.05, 0.1) is 11.0 Å². The van der Waals surface area contributed by atoms with Crippen LogP contribution >= 0.6 is 23.8 Å².